The number of hydrogen-bond acceptors (Lipinski definition) is 2. The lowest BCUT2D eigenvalue weighted by atomic mass is 9.91. The fourth-order valence-electron chi connectivity index (χ4n) is 2.37. The van der Waals surface area contributed by atoms with Crippen molar-refractivity contribution in [2.24, 2.45) is 0 Å². The van der Waals surface area contributed by atoms with Gasteiger partial charge in [-0.25, -0.2) is 0 Å². The third-order valence-corrected chi connectivity index (χ3v) is 3.21. The Morgan fingerprint density at radius 3 is 2.44 bits per heavy atom. The van der Waals surface area contributed by atoms with Gasteiger partial charge in [-0.05, 0) is 50.4 Å². The molecule has 1 heterocycles. The second-order valence-corrected chi connectivity index (χ2v) is 4.96. The van der Waals surface area contributed by atoms with Gasteiger partial charge in [-0.1, -0.05) is 12.1 Å². The van der Waals surface area contributed by atoms with Gasteiger partial charge in [-0.2, -0.15) is 0 Å². The Bertz CT molecular complexity index is 394. The Kier molecular flexibility index (Phi) is 3.52. The molecule has 100 valence electrons. The minimum Gasteiger partial charge on any atom is -0.406 e. The van der Waals surface area contributed by atoms with Crippen LogP contribution in [0.3, 0.4) is 0 Å². The van der Waals surface area contributed by atoms with E-state index in [-0.39, 0.29) is 11.3 Å². The van der Waals surface area contributed by atoms with Crippen molar-refractivity contribution < 1.29 is 17.9 Å². The van der Waals surface area contributed by atoms with E-state index in [4.69, 9.17) is 0 Å². The topological polar surface area (TPSA) is 21.3 Å². The van der Waals surface area contributed by atoms with Crippen molar-refractivity contribution in [2.75, 3.05) is 6.54 Å². The number of hydrogen-bond donors (Lipinski definition) is 1. The molecule has 5 heteroatoms. The molecule has 0 aromatic heterocycles. The number of benzene rings is 1. The summed E-state index contributed by atoms with van der Waals surface area (Å²) in [7, 11) is 0. The molecule has 0 amide bonds. The smallest absolute Gasteiger partial charge is 0.406 e. The first kappa shape index (κ1) is 13.2. The number of rotatable bonds is 3. The summed E-state index contributed by atoms with van der Waals surface area (Å²) in [4.78, 5) is 0. The summed E-state index contributed by atoms with van der Waals surface area (Å²) in [6.07, 6.45) is -1.57. The summed E-state index contributed by atoms with van der Waals surface area (Å²) >= 11 is 0. The highest BCUT2D eigenvalue weighted by Crippen LogP contribution is 2.26. The van der Waals surface area contributed by atoms with Gasteiger partial charge in [0.2, 0.25) is 0 Å². The quantitative estimate of drug-likeness (QED) is 0.899. The molecule has 1 aliphatic heterocycles. The van der Waals surface area contributed by atoms with Gasteiger partial charge in [0.05, 0.1) is 0 Å². The Morgan fingerprint density at radius 1 is 1.28 bits per heavy atom. The van der Waals surface area contributed by atoms with Gasteiger partial charge in [0, 0.05) is 5.54 Å². The lowest BCUT2D eigenvalue weighted by Gasteiger charge is -2.24. The van der Waals surface area contributed by atoms with Crippen molar-refractivity contribution >= 4 is 0 Å². The highest BCUT2D eigenvalue weighted by molar-refractivity contribution is 5.28. The summed E-state index contributed by atoms with van der Waals surface area (Å²) in [5, 5.41) is 3.42. The zero-order valence-corrected chi connectivity index (χ0v) is 10.2. The van der Waals surface area contributed by atoms with Gasteiger partial charge in [-0.15, -0.1) is 13.2 Å². The van der Waals surface area contributed by atoms with Crippen molar-refractivity contribution in [3.8, 4) is 5.75 Å². The third kappa shape index (κ3) is 3.63. The molecule has 1 saturated heterocycles. The minimum atomic E-state index is -4.62. The van der Waals surface area contributed by atoms with Crippen LogP contribution in [0.25, 0.3) is 0 Å². The minimum absolute atomic E-state index is 0.0619. The van der Waals surface area contributed by atoms with Gasteiger partial charge in [0.15, 0.2) is 0 Å². The van der Waals surface area contributed by atoms with Crippen molar-refractivity contribution in [2.45, 2.75) is 38.1 Å². The molecule has 1 aromatic rings. The molecule has 1 fully saturated rings. The van der Waals surface area contributed by atoms with E-state index in [1.54, 1.807) is 12.1 Å². The zero-order valence-electron chi connectivity index (χ0n) is 10.2. The molecule has 1 aromatic carbocycles. The van der Waals surface area contributed by atoms with Crippen LogP contribution in [0.15, 0.2) is 24.3 Å². The molecule has 2 nitrogen and oxygen atoms in total. The van der Waals surface area contributed by atoms with Gasteiger partial charge in [0.1, 0.15) is 5.75 Å². The van der Waals surface area contributed by atoms with Crippen LogP contribution in [0.1, 0.15) is 25.3 Å². The SMILES string of the molecule is CC1(Cc2ccc(OC(F)(F)F)cc2)CCCN1. The van der Waals surface area contributed by atoms with Crippen LogP contribution in [0.4, 0.5) is 13.2 Å². The van der Waals surface area contributed by atoms with Crippen LogP contribution in [-0.4, -0.2) is 18.4 Å². The van der Waals surface area contributed by atoms with E-state index in [1.807, 2.05) is 0 Å². The molecule has 0 aliphatic carbocycles. The Morgan fingerprint density at radius 2 is 1.94 bits per heavy atom. The predicted octanol–water partition coefficient (Wildman–Crippen LogP) is 3.27. The van der Waals surface area contributed by atoms with Crippen molar-refractivity contribution in [3.63, 3.8) is 0 Å². The van der Waals surface area contributed by atoms with E-state index in [2.05, 4.69) is 17.0 Å². The first-order valence-electron chi connectivity index (χ1n) is 5.96. The Labute approximate surface area is 104 Å². The number of halogens is 3. The Balaban J connectivity index is 1.99. The summed E-state index contributed by atoms with van der Waals surface area (Å²) in [5.41, 5.74) is 1.08. The van der Waals surface area contributed by atoms with Gasteiger partial charge < -0.3 is 10.1 Å². The van der Waals surface area contributed by atoms with Crippen molar-refractivity contribution in [1.29, 1.82) is 0 Å². The second-order valence-electron chi connectivity index (χ2n) is 4.96. The molecule has 1 N–H and O–H groups in total. The van der Waals surface area contributed by atoms with Gasteiger partial charge >= 0.3 is 6.36 Å². The number of alkyl halides is 3. The third-order valence-electron chi connectivity index (χ3n) is 3.21. The molecule has 0 bridgehead atoms. The maximum atomic E-state index is 12.0. The van der Waals surface area contributed by atoms with E-state index in [9.17, 15) is 13.2 Å². The lowest BCUT2D eigenvalue weighted by molar-refractivity contribution is -0.274. The second kappa shape index (κ2) is 4.80. The summed E-state index contributed by atoms with van der Waals surface area (Å²) in [5.74, 6) is -0.171. The van der Waals surface area contributed by atoms with Gasteiger partial charge in [-0.3, -0.25) is 0 Å². The first-order chi connectivity index (χ1) is 8.36. The average molecular weight is 259 g/mol. The molecular weight excluding hydrogens is 243 g/mol. The molecule has 0 saturated carbocycles. The van der Waals surface area contributed by atoms with Crippen LogP contribution in [0.2, 0.25) is 0 Å². The van der Waals surface area contributed by atoms with Crippen LogP contribution in [0, 0.1) is 0 Å². The van der Waals surface area contributed by atoms with E-state index in [1.165, 1.54) is 12.1 Å². The number of nitrogens with one attached hydrogen (secondary N) is 1. The average Bonchev–Trinajstić information content (AvgIpc) is 2.66. The molecule has 0 spiro atoms. The standard InChI is InChI=1S/C13H16F3NO/c1-12(7-2-8-17-12)9-10-3-5-11(6-4-10)18-13(14,15)16/h3-6,17H,2,7-9H2,1H3. The normalized spacial score (nSPS) is 24.2. The van der Waals surface area contributed by atoms with Gasteiger partial charge in [0.25, 0.3) is 0 Å². The fraction of sp³-hybridized carbons (Fsp3) is 0.538. The highest BCUT2D eigenvalue weighted by Gasteiger charge is 2.31. The maximum absolute atomic E-state index is 12.0. The number of ether oxygens (including phenoxy) is 1. The largest absolute Gasteiger partial charge is 0.573 e. The maximum Gasteiger partial charge on any atom is 0.573 e. The van der Waals surface area contributed by atoms with Crippen LogP contribution < -0.4 is 10.1 Å². The predicted molar refractivity (Wildman–Crippen MR) is 62.5 cm³/mol. The van der Waals surface area contributed by atoms with Crippen LogP contribution in [-0.2, 0) is 6.42 Å². The molecule has 0 radical (unpaired) electrons. The summed E-state index contributed by atoms with van der Waals surface area (Å²) in [6.45, 7) is 3.14. The first-order valence-corrected chi connectivity index (χ1v) is 5.96. The molecule has 1 aliphatic rings. The van der Waals surface area contributed by atoms with E-state index < -0.39 is 6.36 Å². The summed E-state index contributed by atoms with van der Waals surface area (Å²) < 4.78 is 39.8. The van der Waals surface area contributed by atoms with Crippen molar-refractivity contribution in [3.05, 3.63) is 29.8 Å². The highest BCUT2D eigenvalue weighted by atomic mass is 19.4. The molecule has 1 atom stereocenters. The van der Waals surface area contributed by atoms with E-state index in [0.29, 0.717) is 0 Å². The van der Waals surface area contributed by atoms with Crippen LogP contribution in [0.5, 0.6) is 5.75 Å². The van der Waals surface area contributed by atoms with E-state index >= 15 is 0 Å². The fourth-order valence-corrected chi connectivity index (χ4v) is 2.37. The molecular formula is C13H16F3NO. The van der Waals surface area contributed by atoms with E-state index in [0.717, 1.165) is 31.4 Å². The van der Waals surface area contributed by atoms with Crippen molar-refractivity contribution in [1.82, 2.24) is 5.32 Å². The zero-order chi connectivity index (χ0) is 13.2. The monoisotopic (exact) mass is 259 g/mol. The molecule has 1 unspecified atom stereocenters. The molecule has 2 rings (SSSR count). The van der Waals surface area contributed by atoms with Crippen LogP contribution >= 0.6 is 0 Å². The summed E-state index contributed by atoms with van der Waals surface area (Å²) in [6, 6.07) is 6.10. The lowest BCUT2D eigenvalue weighted by Crippen LogP contribution is -2.38. The molecule has 18 heavy (non-hydrogen) atoms. The Hall–Kier alpha value is -1.23.